The van der Waals surface area contributed by atoms with Gasteiger partial charge in [-0.3, -0.25) is 9.69 Å². The third-order valence-corrected chi connectivity index (χ3v) is 5.69. The molecule has 0 bridgehead atoms. The number of carbonyl (C=O) groups is 1. The molecule has 7 heteroatoms. The van der Waals surface area contributed by atoms with Crippen molar-refractivity contribution < 1.29 is 18.3 Å². The molecular formula is C19H27F2N3O2. The van der Waals surface area contributed by atoms with E-state index in [1.807, 2.05) is 4.90 Å². The van der Waals surface area contributed by atoms with Gasteiger partial charge in [0.25, 0.3) is 5.91 Å². The highest BCUT2D eigenvalue weighted by molar-refractivity contribution is 5.94. The number of alkyl halides is 2. The number of rotatable bonds is 3. The number of likely N-dealkylation sites (N-methyl/N-ethyl adjacent to an activating group) is 2. The second-order valence-corrected chi connectivity index (χ2v) is 7.44. The number of likely N-dealkylation sites (tertiary alicyclic amines) is 1. The molecule has 5 nitrogen and oxygen atoms in total. The van der Waals surface area contributed by atoms with Crippen LogP contribution in [0.2, 0.25) is 0 Å². The van der Waals surface area contributed by atoms with Crippen LogP contribution in [-0.2, 0) is 0 Å². The minimum Gasteiger partial charge on any atom is -0.435 e. The van der Waals surface area contributed by atoms with E-state index in [1.165, 1.54) is 12.1 Å². The molecule has 0 atom stereocenters. The van der Waals surface area contributed by atoms with Crippen LogP contribution in [0.5, 0.6) is 5.75 Å². The molecule has 2 fully saturated rings. The lowest BCUT2D eigenvalue weighted by molar-refractivity contribution is -0.0499. The maximum atomic E-state index is 12.8. The van der Waals surface area contributed by atoms with E-state index in [1.54, 1.807) is 12.1 Å². The molecule has 0 aliphatic carbocycles. The van der Waals surface area contributed by atoms with Gasteiger partial charge in [-0.15, -0.1) is 0 Å². The minimum atomic E-state index is -2.89. The van der Waals surface area contributed by atoms with Crippen LogP contribution in [0.3, 0.4) is 0 Å². The van der Waals surface area contributed by atoms with E-state index in [0.717, 1.165) is 38.9 Å². The third kappa shape index (κ3) is 4.15. The molecule has 3 rings (SSSR count). The van der Waals surface area contributed by atoms with Crippen molar-refractivity contribution in [2.45, 2.75) is 31.4 Å². The molecule has 1 amide bonds. The number of hydrogen-bond acceptors (Lipinski definition) is 4. The number of ether oxygens (including phenoxy) is 1. The standard InChI is InChI=1S/C19H27F2N3O2/c1-22-9-4-10-23(2)19(14-22)7-11-24(12-8-19)17(25)15-5-3-6-16(13-15)26-18(20)21/h3,5-6,13,18H,4,7-12,14H2,1-2H3. The fourth-order valence-electron chi connectivity index (χ4n) is 4.17. The molecule has 0 aromatic heterocycles. The van der Waals surface area contributed by atoms with Crippen LogP contribution < -0.4 is 4.74 Å². The zero-order valence-electron chi connectivity index (χ0n) is 15.5. The lowest BCUT2D eigenvalue weighted by Crippen LogP contribution is -2.58. The number of halogens is 2. The number of piperidine rings is 1. The van der Waals surface area contributed by atoms with Crippen molar-refractivity contribution in [3.63, 3.8) is 0 Å². The van der Waals surface area contributed by atoms with Gasteiger partial charge in [-0.25, -0.2) is 0 Å². The highest BCUT2D eigenvalue weighted by atomic mass is 19.3. The summed E-state index contributed by atoms with van der Waals surface area (Å²) in [5.74, 6) is -0.103. The summed E-state index contributed by atoms with van der Waals surface area (Å²) in [6, 6.07) is 6.05. The monoisotopic (exact) mass is 367 g/mol. The minimum absolute atomic E-state index is 0.0180. The maximum Gasteiger partial charge on any atom is 0.387 e. The summed E-state index contributed by atoms with van der Waals surface area (Å²) in [6.07, 6.45) is 3.01. The molecule has 2 saturated heterocycles. The van der Waals surface area contributed by atoms with Gasteiger partial charge in [0.2, 0.25) is 0 Å². The molecule has 2 heterocycles. The molecule has 2 aliphatic heterocycles. The van der Waals surface area contributed by atoms with Crippen molar-refractivity contribution in [3.8, 4) is 5.75 Å². The zero-order chi connectivity index (χ0) is 18.7. The van der Waals surface area contributed by atoms with Crippen LogP contribution in [0.1, 0.15) is 29.6 Å². The normalized spacial score (nSPS) is 21.8. The van der Waals surface area contributed by atoms with Gasteiger partial charge in [-0.05, 0) is 64.6 Å². The predicted molar refractivity (Wildman–Crippen MR) is 95.7 cm³/mol. The maximum absolute atomic E-state index is 12.8. The highest BCUT2D eigenvalue weighted by Crippen LogP contribution is 2.31. The Bertz CT molecular complexity index is 633. The number of benzene rings is 1. The van der Waals surface area contributed by atoms with E-state index in [-0.39, 0.29) is 17.2 Å². The van der Waals surface area contributed by atoms with Crippen LogP contribution in [0.25, 0.3) is 0 Å². The number of amides is 1. The van der Waals surface area contributed by atoms with Gasteiger partial charge in [-0.1, -0.05) is 6.07 Å². The quantitative estimate of drug-likeness (QED) is 0.823. The topological polar surface area (TPSA) is 36.0 Å². The van der Waals surface area contributed by atoms with E-state index in [2.05, 4.69) is 28.6 Å². The van der Waals surface area contributed by atoms with Gasteiger partial charge in [-0.2, -0.15) is 8.78 Å². The Morgan fingerprint density at radius 1 is 1.15 bits per heavy atom. The summed E-state index contributed by atoms with van der Waals surface area (Å²) >= 11 is 0. The molecular weight excluding hydrogens is 340 g/mol. The smallest absolute Gasteiger partial charge is 0.387 e. The van der Waals surface area contributed by atoms with Crippen molar-refractivity contribution in [2.24, 2.45) is 0 Å². The molecule has 0 unspecified atom stereocenters. The highest BCUT2D eigenvalue weighted by Gasteiger charge is 2.41. The Morgan fingerprint density at radius 3 is 2.58 bits per heavy atom. The van der Waals surface area contributed by atoms with Crippen molar-refractivity contribution in [3.05, 3.63) is 29.8 Å². The third-order valence-electron chi connectivity index (χ3n) is 5.69. The number of carbonyl (C=O) groups excluding carboxylic acids is 1. The van der Waals surface area contributed by atoms with Crippen molar-refractivity contribution in [2.75, 3.05) is 46.8 Å². The summed E-state index contributed by atoms with van der Waals surface area (Å²) in [4.78, 5) is 19.4. The molecule has 0 saturated carbocycles. The summed E-state index contributed by atoms with van der Waals surface area (Å²) in [5.41, 5.74) is 0.508. The summed E-state index contributed by atoms with van der Waals surface area (Å²) in [6.45, 7) is 1.66. The molecule has 1 aromatic carbocycles. The van der Waals surface area contributed by atoms with Gasteiger partial charge < -0.3 is 14.5 Å². The van der Waals surface area contributed by atoms with Crippen LogP contribution in [0.15, 0.2) is 24.3 Å². The van der Waals surface area contributed by atoms with Gasteiger partial charge in [0.05, 0.1) is 0 Å². The van der Waals surface area contributed by atoms with Gasteiger partial charge in [0.15, 0.2) is 0 Å². The lowest BCUT2D eigenvalue weighted by Gasteiger charge is -2.47. The second-order valence-electron chi connectivity index (χ2n) is 7.44. The van der Waals surface area contributed by atoms with Crippen molar-refractivity contribution >= 4 is 5.91 Å². The Balaban J connectivity index is 1.67. The average Bonchev–Trinajstić information content (AvgIpc) is 2.73. The number of nitrogens with zero attached hydrogens (tertiary/aromatic N) is 3. The Kier molecular flexibility index (Phi) is 5.77. The second kappa shape index (κ2) is 7.88. The van der Waals surface area contributed by atoms with E-state index in [0.29, 0.717) is 18.7 Å². The summed E-state index contributed by atoms with van der Waals surface area (Å²) < 4.78 is 29.2. The van der Waals surface area contributed by atoms with Crippen LogP contribution in [0.4, 0.5) is 8.78 Å². The first-order valence-electron chi connectivity index (χ1n) is 9.14. The SMILES string of the molecule is CN1CCCN(C)C2(CCN(C(=O)c3cccc(OC(F)F)c3)CC2)C1. The molecule has 2 aliphatic rings. The van der Waals surface area contributed by atoms with Crippen LogP contribution >= 0.6 is 0 Å². The largest absolute Gasteiger partial charge is 0.435 e. The predicted octanol–water partition coefficient (Wildman–Crippen LogP) is 2.53. The van der Waals surface area contributed by atoms with E-state index in [9.17, 15) is 13.6 Å². The van der Waals surface area contributed by atoms with Crippen LogP contribution in [-0.4, -0.2) is 79.6 Å². The molecule has 0 radical (unpaired) electrons. The summed E-state index contributed by atoms with van der Waals surface area (Å²) in [5, 5.41) is 0. The fraction of sp³-hybridized carbons (Fsp3) is 0.632. The van der Waals surface area contributed by atoms with Crippen molar-refractivity contribution in [1.82, 2.24) is 14.7 Å². The first-order chi connectivity index (χ1) is 12.4. The molecule has 144 valence electrons. The molecule has 0 N–H and O–H groups in total. The van der Waals surface area contributed by atoms with Crippen LogP contribution in [0, 0.1) is 0 Å². The Morgan fingerprint density at radius 2 is 1.88 bits per heavy atom. The Hall–Kier alpha value is -1.73. The first kappa shape index (κ1) is 19.0. The van der Waals surface area contributed by atoms with E-state index >= 15 is 0 Å². The molecule has 26 heavy (non-hydrogen) atoms. The van der Waals surface area contributed by atoms with E-state index < -0.39 is 6.61 Å². The van der Waals surface area contributed by atoms with Gasteiger partial charge >= 0.3 is 6.61 Å². The fourth-order valence-corrected chi connectivity index (χ4v) is 4.17. The molecule has 1 aromatic rings. The lowest BCUT2D eigenvalue weighted by atomic mass is 9.85. The molecule has 1 spiro atoms. The first-order valence-corrected chi connectivity index (χ1v) is 9.14. The average molecular weight is 367 g/mol. The van der Waals surface area contributed by atoms with Crippen molar-refractivity contribution in [1.29, 1.82) is 0 Å². The zero-order valence-corrected chi connectivity index (χ0v) is 15.5. The Labute approximate surface area is 153 Å². The number of hydrogen-bond donors (Lipinski definition) is 0. The van der Waals surface area contributed by atoms with Gasteiger partial charge in [0, 0.05) is 30.7 Å². The van der Waals surface area contributed by atoms with E-state index in [4.69, 9.17) is 0 Å². The summed E-state index contributed by atoms with van der Waals surface area (Å²) in [7, 11) is 4.34. The van der Waals surface area contributed by atoms with Gasteiger partial charge in [0.1, 0.15) is 5.75 Å².